The first-order valence-electron chi connectivity index (χ1n) is 5.89. The van der Waals surface area contributed by atoms with Gasteiger partial charge in [0.2, 0.25) is 6.29 Å². The molecule has 0 amide bonds. The van der Waals surface area contributed by atoms with Crippen LogP contribution in [0.2, 0.25) is 0 Å². The van der Waals surface area contributed by atoms with E-state index in [0.29, 0.717) is 37.6 Å². The lowest BCUT2D eigenvalue weighted by atomic mass is 10.2. The second-order valence-electron chi connectivity index (χ2n) is 3.76. The first-order chi connectivity index (χ1) is 8.47. The summed E-state index contributed by atoms with van der Waals surface area (Å²) >= 11 is 0. The number of hydrogen-bond acceptors (Lipinski definition) is 4. The summed E-state index contributed by atoms with van der Waals surface area (Å²) < 4.78 is 16.0. The molecule has 5 heteroatoms. The van der Waals surface area contributed by atoms with Crippen molar-refractivity contribution in [2.75, 3.05) is 19.8 Å². The minimum Gasteiger partial charge on any atom is -0.478 e. The van der Waals surface area contributed by atoms with Gasteiger partial charge in [-0.1, -0.05) is 12.7 Å². The molecule has 0 spiro atoms. The largest absolute Gasteiger partial charge is 0.478 e. The van der Waals surface area contributed by atoms with Gasteiger partial charge in [0.25, 0.3) is 0 Å². The Hall–Kier alpha value is -1.33. The third kappa shape index (κ3) is 8.78. The van der Waals surface area contributed by atoms with Gasteiger partial charge in [-0.3, -0.25) is 0 Å². The topological polar surface area (TPSA) is 65.0 Å². The summed E-state index contributed by atoms with van der Waals surface area (Å²) in [5, 5.41) is 8.64. The van der Waals surface area contributed by atoms with E-state index >= 15 is 0 Å². The molecule has 18 heavy (non-hydrogen) atoms. The number of hydrogen-bond donors (Lipinski definition) is 1. The maximum atomic E-state index is 10.5. The van der Waals surface area contributed by atoms with Crippen molar-refractivity contribution in [2.45, 2.75) is 33.5 Å². The summed E-state index contributed by atoms with van der Waals surface area (Å²) in [6.07, 6.45) is 1.71. The minimum atomic E-state index is -0.909. The minimum absolute atomic E-state index is 0.292. The molecule has 0 fully saturated rings. The van der Waals surface area contributed by atoms with Crippen molar-refractivity contribution in [3.63, 3.8) is 0 Å². The standard InChI is InChI=1S/C13H22O5/c1-5-17-12(18-10(2)3)9-16-8-6-7-11(4)13(14)15/h7,12H,2,5-6,8-9H2,1,3-4H3,(H,14,15). The van der Waals surface area contributed by atoms with Gasteiger partial charge in [-0.25, -0.2) is 4.79 Å². The summed E-state index contributed by atoms with van der Waals surface area (Å²) in [6.45, 7) is 10.0. The summed E-state index contributed by atoms with van der Waals surface area (Å²) in [5.74, 6) is -0.341. The predicted octanol–water partition coefficient (Wildman–Crippen LogP) is 2.34. The van der Waals surface area contributed by atoms with E-state index in [4.69, 9.17) is 19.3 Å². The van der Waals surface area contributed by atoms with Crippen molar-refractivity contribution >= 4 is 5.97 Å². The number of rotatable bonds is 10. The van der Waals surface area contributed by atoms with Gasteiger partial charge in [0.1, 0.15) is 6.61 Å². The summed E-state index contributed by atoms with van der Waals surface area (Å²) in [5.41, 5.74) is 0.318. The second-order valence-corrected chi connectivity index (χ2v) is 3.76. The Balaban J connectivity index is 3.82. The Morgan fingerprint density at radius 3 is 2.61 bits per heavy atom. The Kier molecular flexibility index (Phi) is 8.96. The van der Waals surface area contributed by atoms with Crippen LogP contribution in [0.1, 0.15) is 27.2 Å². The summed E-state index contributed by atoms with van der Waals surface area (Å²) in [7, 11) is 0. The van der Waals surface area contributed by atoms with Crippen molar-refractivity contribution in [2.24, 2.45) is 0 Å². The predicted molar refractivity (Wildman–Crippen MR) is 68.1 cm³/mol. The molecule has 0 aliphatic heterocycles. The highest BCUT2D eigenvalue weighted by atomic mass is 16.7. The molecule has 0 saturated carbocycles. The SMILES string of the molecule is C=C(C)OC(COCCC=C(C)C(=O)O)OCC. The molecule has 5 nitrogen and oxygen atoms in total. The number of carboxylic acid groups (broad SMARTS) is 1. The molecule has 0 aromatic rings. The highest BCUT2D eigenvalue weighted by molar-refractivity contribution is 5.85. The van der Waals surface area contributed by atoms with Crippen LogP contribution in [0.15, 0.2) is 24.0 Å². The van der Waals surface area contributed by atoms with E-state index in [1.807, 2.05) is 6.92 Å². The fourth-order valence-corrected chi connectivity index (χ4v) is 1.15. The Labute approximate surface area is 108 Å². The van der Waals surface area contributed by atoms with Crippen molar-refractivity contribution in [1.29, 1.82) is 0 Å². The molecule has 0 aliphatic carbocycles. The van der Waals surface area contributed by atoms with E-state index in [9.17, 15) is 4.79 Å². The molecule has 0 saturated heterocycles. The molecule has 1 N–H and O–H groups in total. The van der Waals surface area contributed by atoms with Crippen LogP contribution < -0.4 is 0 Å². The average Bonchev–Trinajstić information content (AvgIpc) is 2.27. The third-order valence-corrected chi connectivity index (χ3v) is 1.99. The lowest BCUT2D eigenvalue weighted by molar-refractivity contribution is -0.147. The smallest absolute Gasteiger partial charge is 0.330 e. The van der Waals surface area contributed by atoms with E-state index in [1.165, 1.54) is 0 Å². The maximum absolute atomic E-state index is 10.5. The molecule has 0 rings (SSSR count). The van der Waals surface area contributed by atoms with Crippen LogP contribution in [-0.4, -0.2) is 37.2 Å². The summed E-state index contributed by atoms with van der Waals surface area (Å²) in [6, 6.07) is 0. The molecule has 1 atom stereocenters. The first kappa shape index (κ1) is 16.7. The van der Waals surface area contributed by atoms with Gasteiger partial charge < -0.3 is 19.3 Å². The Morgan fingerprint density at radius 1 is 1.44 bits per heavy atom. The van der Waals surface area contributed by atoms with E-state index in [2.05, 4.69) is 6.58 Å². The molecule has 0 heterocycles. The highest BCUT2D eigenvalue weighted by Gasteiger charge is 2.09. The zero-order valence-corrected chi connectivity index (χ0v) is 11.3. The third-order valence-electron chi connectivity index (χ3n) is 1.99. The molecule has 104 valence electrons. The average molecular weight is 258 g/mol. The summed E-state index contributed by atoms with van der Waals surface area (Å²) in [4.78, 5) is 10.5. The number of allylic oxidation sites excluding steroid dienone is 1. The van der Waals surface area contributed by atoms with Crippen molar-refractivity contribution < 1.29 is 24.1 Å². The quantitative estimate of drug-likeness (QED) is 0.282. The van der Waals surface area contributed by atoms with Crippen molar-refractivity contribution in [3.8, 4) is 0 Å². The molecule has 0 aromatic heterocycles. The van der Waals surface area contributed by atoms with Gasteiger partial charge in [0, 0.05) is 12.2 Å². The maximum Gasteiger partial charge on any atom is 0.330 e. The molecular weight excluding hydrogens is 236 g/mol. The van der Waals surface area contributed by atoms with Crippen LogP contribution >= 0.6 is 0 Å². The molecule has 0 bridgehead atoms. The van der Waals surface area contributed by atoms with Gasteiger partial charge in [-0.2, -0.15) is 0 Å². The lowest BCUT2D eigenvalue weighted by Gasteiger charge is -2.18. The Bertz CT molecular complexity index is 296. The normalized spacial score (nSPS) is 13.2. The second kappa shape index (κ2) is 9.67. The van der Waals surface area contributed by atoms with Crippen molar-refractivity contribution in [3.05, 3.63) is 24.0 Å². The van der Waals surface area contributed by atoms with Gasteiger partial charge >= 0.3 is 5.97 Å². The van der Waals surface area contributed by atoms with E-state index in [1.54, 1.807) is 19.9 Å². The van der Waals surface area contributed by atoms with Gasteiger partial charge in [-0.05, 0) is 27.2 Å². The van der Waals surface area contributed by atoms with Gasteiger partial charge in [0.15, 0.2) is 0 Å². The van der Waals surface area contributed by atoms with Crippen LogP contribution in [0, 0.1) is 0 Å². The lowest BCUT2D eigenvalue weighted by Crippen LogP contribution is -2.23. The molecule has 0 aromatic carbocycles. The Morgan fingerprint density at radius 2 is 2.11 bits per heavy atom. The van der Waals surface area contributed by atoms with Crippen molar-refractivity contribution in [1.82, 2.24) is 0 Å². The molecule has 1 unspecified atom stereocenters. The van der Waals surface area contributed by atoms with Crippen LogP contribution in [0.4, 0.5) is 0 Å². The number of aliphatic carboxylic acids is 1. The molecular formula is C13H22O5. The number of carboxylic acids is 1. The van der Waals surface area contributed by atoms with Gasteiger partial charge in [-0.15, -0.1) is 0 Å². The van der Waals surface area contributed by atoms with Gasteiger partial charge in [0.05, 0.1) is 12.4 Å². The zero-order valence-electron chi connectivity index (χ0n) is 11.3. The van der Waals surface area contributed by atoms with E-state index < -0.39 is 12.3 Å². The van der Waals surface area contributed by atoms with E-state index in [-0.39, 0.29) is 0 Å². The van der Waals surface area contributed by atoms with E-state index in [0.717, 1.165) is 0 Å². The van der Waals surface area contributed by atoms with Crippen LogP contribution in [0.3, 0.4) is 0 Å². The van der Waals surface area contributed by atoms with Crippen LogP contribution in [0.25, 0.3) is 0 Å². The van der Waals surface area contributed by atoms with Crippen LogP contribution in [0.5, 0.6) is 0 Å². The van der Waals surface area contributed by atoms with Crippen LogP contribution in [-0.2, 0) is 19.0 Å². The number of ether oxygens (including phenoxy) is 3. The zero-order chi connectivity index (χ0) is 14.0. The monoisotopic (exact) mass is 258 g/mol. The number of carbonyl (C=O) groups is 1. The highest BCUT2D eigenvalue weighted by Crippen LogP contribution is 2.03. The molecule has 0 aliphatic rings. The first-order valence-corrected chi connectivity index (χ1v) is 5.89. The molecule has 0 radical (unpaired) electrons. The fourth-order valence-electron chi connectivity index (χ4n) is 1.15. The fraction of sp³-hybridized carbons (Fsp3) is 0.615.